The minimum Gasteiger partial charge on any atom is -0.274 e. The van der Waals surface area contributed by atoms with Gasteiger partial charge in [0.1, 0.15) is 0 Å². The number of hydrogen-bond acceptors (Lipinski definition) is 3. The Balaban J connectivity index is 1.64. The van der Waals surface area contributed by atoms with E-state index in [1.807, 2.05) is 60.7 Å². The highest BCUT2D eigenvalue weighted by molar-refractivity contribution is 6.22. The van der Waals surface area contributed by atoms with Crippen molar-refractivity contribution in [1.82, 2.24) is 4.98 Å². The molecule has 4 heteroatoms. The van der Waals surface area contributed by atoms with Crippen LogP contribution >= 0.6 is 0 Å². The second-order valence-electron chi connectivity index (χ2n) is 7.53. The van der Waals surface area contributed by atoms with E-state index in [0.717, 1.165) is 11.1 Å². The quantitative estimate of drug-likeness (QED) is 0.502. The summed E-state index contributed by atoms with van der Waals surface area (Å²) in [5.41, 5.74) is 2.65. The Kier molecular flexibility index (Phi) is 4.32. The summed E-state index contributed by atoms with van der Waals surface area (Å²) in [5, 5.41) is 0. The second-order valence-corrected chi connectivity index (χ2v) is 7.53. The topological polar surface area (TPSA) is 50.3 Å². The molecule has 0 bridgehead atoms. The van der Waals surface area contributed by atoms with Gasteiger partial charge in [0.2, 0.25) is 11.8 Å². The third-order valence-electron chi connectivity index (χ3n) is 5.97. The molecule has 2 aromatic carbocycles. The van der Waals surface area contributed by atoms with E-state index in [2.05, 4.69) is 17.1 Å². The minimum absolute atomic E-state index is 0.126. The molecule has 2 heterocycles. The van der Waals surface area contributed by atoms with Gasteiger partial charge >= 0.3 is 0 Å². The van der Waals surface area contributed by atoms with Gasteiger partial charge in [0.15, 0.2) is 0 Å². The first-order valence-electron chi connectivity index (χ1n) is 9.82. The zero-order valence-electron chi connectivity index (χ0n) is 15.8. The van der Waals surface area contributed by atoms with E-state index in [9.17, 15) is 9.59 Å². The molecule has 0 saturated carbocycles. The number of aromatic nitrogens is 1. The third-order valence-corrected chi connectivity index (χ3v) is 5.97. The third kappa shape index (κ3) is 2.88. The molecule has 1 saturated heterocycles. The molecule has 2 amide bonds. The first-order chi connectivity index (χ1) is 14.3. The highest BCUT2D eigenvalue weighted by Gasteiger charge is 2.55. The van der Waals surface area contributed by atoms with Crippen LogP contribution < -0.4 is 4.90 Å². The van der Waals surface area contributed by atoms with E-state index >= 15 is 0 Å². The summed E-state index contributed by atoms with van der Waals surface area (Å²) < 4.78 is 0. The molecule has 29 heavy (non-hydrogen) atoms. The van der Waals surface area contributed by atoms with Crippen LogP contribution in [0.3, 0.4) is 0 Å². The Morgan fingerprint density at radius 1 is 0.655 bits per heavy atom. The summed E-state index contributed by atoms with van der Waals surface area (Å²) in [6, 6.07) is 23.4. The van der Waals surface area contributed by atoms with E-state index < -0.39 is 11.8 Å². The zero-order valence-corrected chi connectivity index (χ0v) is 15.8. The molecule has 0 spiro atoms. The van der Waals surface area contributed by atoms with Gasteiger partial charge in [-0.3, -0.25) is 14.6 Å². The molecule has 1 aliphatic carbocycles. The Hall–Kier alpha value is -3.53. The smallest absolute Gasteiger partial charge is 0.238 e. The van der Waals surface area contributed by atoms with Crippen molar-refractivity contribution in [2.24, 2.45) is 11.8 Å². The van der Waals surface area contributed by atoms with Crippen LogP contribution in [-0.2, 0) is 9.59 Å². The lowest BCUT2D eigenvalue weighted by molar-refractivity contribution is -0.122. The van der Waals surface area contributed by atoms with Crippen molar-refractivity contribution in [2.45, 2.75) is 11.8 Å². The summed E-state index contributed by atoms with van der Waals surface area (Å²) in [4.78, 5) is 32.6. The van der Waals surface area contributed by atoms with Gasteiger partial charge in [-0.2, -0.15) is 0 Å². The minimum atomic E-state index is -0.430. The predicted molar refractivity (Wildman–Crippen MR) is 111 cm³/mol. The van der Waals surface area contributed by atoms with Crippen LogP contribution in [0.25, 0.3) is 0 Å². The molecule has 1 aliphatic heterocycles. The molecule has 142 valence electrons. The summed E-state index contributed by atoms with van der Waals surface area (Å²) >= 11 is 0. The second kappa shape index (κ2) is 7.13. The standard InChI is InChI=1S/C25H20N2O2/c28-24-22-20(17-8-3-1-4-9-17)13-14-21(18-10-5-2-6-11-18)23(22)25(29)27(24)19-12-7-15-26-16-19/h1-16,20-23H/t20-,21-,22-,23+/m0/s1. The number of pyridine rings is 1. The first-order valence-corrected chi connectivity index (χ1v) is 9.82. The van der Waals surface area contributed by atoms with Crippen LogP contribution in [0, 0.1) is 11.8 Å². The number of carbonyl (C=O) groups is 2. The van der Waals surface area contributed by atoms with Crippen LogP contribution in [0.15, 0.2) is 97.3 Å². The SMILES string of the molecule is O=C1[C@@H]2[C@H](C(=O)N1c1cccnc1)[C@H](c1ccccc1)C=C[C@H]2c1ccccc1. The molecular formula is C25H20N2O2. The van der Waals surface area contributed by atoms with Gasteiger partial charge in [-0.1, -0.05) is 72.8 Å². The van der Waals surface area contributed by atoms with Crippen molar-refractivity contribution in [1.29, 1.82) is 0 Å². The maximum Gasteiger partial charge on any atom is 0.238 e. The van der Waals surface area contributed by atoms with Gasteiger partial charge in [-0.25, -0.2) is 4.90 Å². The van der Waals surface area contributed by atoms with Gasteiger partial charge in [-0.05, 0) is 23.3 Å². The van der Waals surface area contributed by atoms with Gasteiger partial charge in [-0.15, -0.1) is 0 Å². The Morgan fingerprint density at radius 3 is 1.62 bits per heavy atom. The van der Waals surface area contributed by atoms with Gasteiger partial charge in [0, 0.05) is 18.0 Å². The van der Waals surface area contributed by atoms with Crippen LogP contribution in [0.1, 0.15) is 23.0 Å². The van der Waals surface area contributed by atoms with E-state index in [1.165, 1.54) is 4.90 Å². The van der Waals surface area contributed by atoms with Crippen LogP contribution in [0.4, 0.5) is 5.69 Å². The molecule has 2 aliphatic rings. The molecule has 5 rings (SSSR count). The number of hydrogen-bond donors (Lipinski definition) is 0. The van der Waals surface area contributed by atoms with Crippen molar-refractivity contribution in [3.8, 4) is 0 Å². The largest absolute Gasteiger partial charge is 0.274 e. The van der Waals surface area contributed by atoms with Crippen molar-refractivity contribution >= 4 is 17.5 Å². The van der Waals surface area contributed by atoms with E-state index in [4.69, 9.17) is 0 Å². The summed E-state index contributed by atoms with van der Waals surface area (Å²) in [6.07, 6.45) is 7.43. The molecule has 4 nitrogen and oxygen atoms in total. The Bertz CT molecular complexity index is 996. The maximum atomic E-state index is 13.6. The van der Waals surface area contributed by atoms with Gasteiger partial charge < -0.3 is 0 Å². The van der Waals surface area contributed by atoms with Crippen LogP contribution in [0.2, 0.25) is 0 Å². The van der Waals surface area contributed by atoms with Crippen LogP contribution in [-0.4, -0.2) is 16.8 Å². The Morgan fingerprint density at radius 2 is 1.17 bits per heavy atom. The lowest BCUT2D eigenvalue weighted by Crippen LogP contribution is -2.31. The molecule has 1 aromatic heterocycles. The number of nitrogens with zero attached hydrogens (tertiary/aromatic N) is 2. The number of benzene rings is 2. The monoisotopic (exact) mass is 380 g/mol. The number of fused-ring (bicyclic) bond motifs is 1. The highest BCUT2D eigenvalue weighted by atomic mass is 16.2. The zero-order chi connectivity index (χ0) is 19.8. The number of rotatable bonds is 3. The lowest BCUT2D eigenvalue weighted by atomic mass is 9.68. The number of imide groups is 1. The fourth-order valence-electron chi connectivity index (χ4n) is 4.67. The normalized spacial score (nSPS) is 25.9. The van der Waals surface area contributed by atoms with Gasteiger partial charge in [0.05, 0.1) is 23.7 Å². The fraction of sp³-hybridized carbons (Fsp3) is 0.160. The van der Waals surface area contributed by atoms with E-state index in [-0.39, 0.29) is 23.7 Å². The Labute approximate surface area is 169 Å². The van der Waals surface area contributed by atoms with E-state index in [0.29, 0.717) is 5.69 Å². The van der Waals surface area contributed by atoms with Crippen molar-refractivity contribution in [3.05, 3.63) is 108 Å². The average Bonchev–Trinajstić information content (AvgIpc) is 3.06. The molecule has 3 aromatic rings. The highest BCUT2D eigenvalue weighted by Crippen LogP contribution is 2.49. The van der Waals surface area contributed by atoms with Gasteiger partial charge in [0.25, 0.3) is 0 Å². The first kappa shape index (κ1) is 17.6. The lowest BCUT2D eigenvalue weighted by Gasteiger charge is -2.32. The summed E-state index contributed by atoms with van der Waals surface area (Å²) in [5.74, 6) is -1.40. The average molecular weight is 380 g/mol. The number of carbonyl (C=O) groups excluding carboxylic acids is 2. The van der Waals surface area contributed by atoms with Crippen molar-refractivity contribution in [3.63, 3.8) is 0 Å². The van der Waals surface area contributed by atoms with Crippen molar-refractivity contribution < 1.29 is 9.59 Å². The molecular weight excluding hydrogens is 360 g/mol. The fourth-order valence-corrected chi connectivity index (χ4v) is 4.67. The summed E-state index contributed by atoms with van der Waals surface area (Å²) in [6.45, 7) is 0. The molecule has 4 atom stereocenters. The number of amides is 2. The van der Waals surface area contributed by atoms with E-state index in [1.54, 1.807) is 24.5 Å². The van der Waals surface area contributed by atoms with Crippen molar-refractivity contribution in [2.75, 3.05) is 4.90 Å². The molecule has 1 fully saturated rings. The predicted octanol–water partition coefficient (Wildman–Crippen LogP) is 4.32. The van der Waals surface area contributed by atoms with Crippen LogP contribution in [0.5, 0.6) is 0 Å². The summed E-state index contributed by atoms with van der Waals surface area (Å²) in [7, 11) is 0. The number of allylic oxidation sites excluding steroid dienone is 2. The maximum absolute atomic E-state index is 13.6. The molecule has 0 unspecified atom stereocenters. The molecule has 0 radical (unpaired) electrons. The molecule has 0 N–H and O–H groups in total. The number of anilines is 1.